The minimum Gasteiger partial charge on any atom is -0.286 e. The maximum atomic E-state index is 12.7. The van der Waals surface area contributed by atoms with Gasteiger partial charge in [-0.1, -0.05) is 23.8 Å². The first kappa shape index (κ1) is 17.1. The third kappa shape index (κ3) is 3.57. The normalized spacial score (nSPS) is 23.5. The smallest absolute Gasteiger partial charge is 0.265 e. The molecule has 1 heterocycles. The van der Waals surface area contributed by atoms with Crippen molar-refractivity contribution in [3.8, 4) is 0 Å². The maximum Gasteiger partial charge on any atom is 0.265 e. The molecule has 6 nitrogen and oxygen atoms in total. The van der Waals surface area contributed by atoms with Crippen molar-refractivity contribution in [2.75, 3.05) is 12.3 Å². The lowest BCUT2D eigenvalue weighted by Gasteiger charge is -2.24. The summed E-state index contributed by atoms with van der Waals surface area (Å²) in [5.74, 6) is -0.961. The molecule has 0 amide bonds. The fraction of sp³-hybridized carbons (Fsp3) is 0.429. The summed E-state index contributed by atoms with van der Waals surface area (Å²) >= 11 is 0. The van der Waals surface area contributed by atoms with Crippen LogP contribution in [0.25, 0.3) is 0 Å². The van der Waals surface area contributed by atoms with E-state index >= 15 is 0 Å². The minimum absolute atomic E-state index is 0.164. The van der Waals surface area contributed by atoms with Crippen LogP contribution in [0.3, 0.4) is 0 Å². The largest absolute Gasteiger partial charge is 0.286 e. The zero-order valence-electron chi connectivity index (χ0n) is 12.2. The summed E-state index contributed by atoms with van der Waals surface area (Å²) in [4.78, 5) is 0.164. The van der Waals surface area contributed by atoms with Crippen LogP contribution in [-0.4, -0.2) is 44.0 Å². The number of benzene rings is 1. The topological polar surface area (TPSA) is 91.8 Å². The Hall–Kier alpha value is -1.22. The minimum atomic E-state index is -4.16. The lowest BCUT2D eigenvalue weighted by molar-refractivity contribution is 0.395. The zero-order valence-corrected chi connectivity index (χ0v) is 13.8. The average molecular weight is 345 g/mol. The Morgan fingerprint density at radius 2 is 1.86 bits per heavy atom. The fourth-order valence-corrected chi connectivity index (χ4v) is 5.32. The molecule has 0 aromatic heterocycles. The van der Waals surface area contributed by atoms with Gasteiger partial charge in [0.25, 0.3) is 10.1 Å². The van der Waals surface area contributed by atoms with E-state index in [0.717, 1.165) is 5.56 Å². The van der Waals surface area contributed by atoms with Crippen LogP contribution in [-0.2, 0) is 20.1 Å². The molecule has 0 radical (unpaired) electrons. The molecule has 2 atom stereocenters. The molecule has 8 heteroatoms. The summed E-state index contributed by atoms with van der Waals surface area (Å²) in [5, 5.41) is 0. The van der Waals surface area contributed by atoms with Gasteiger partial charge in [0.2, 0.25) is 10.0 Å². The second-order valence-corrected chi connectivity index (χ2v) is 8.84. The van der Waals surface area contributed by atoms with Gasteiger partial charge in [0.1, 0.15) is 0 Å². The number of rotatable bonds is 5. The molecule has 0 saturated carbocycles. The predicted octanol–water partition coefficient (Wildman–Crippen LogP) is 1.45. The van der Waals surface area contributed by atoms with Crippen LogP contribution in [0.5, 0.6) is 0 Å². The van der Waals surface area contributed by atoms with E-state index in [4.69, 9.17) is 4.55 Å². The van der Waals surface area contributed by atoms with Crippen LogP contribution < -0.4 is 0 Å². The van der Waals surface area contributed by atoms with Gasteiger partial charge in [-0.2, -0.15) is 12.7 Å². The highest BCUT2D eigenvalue weighted by Crippen LogP contribution is 2.31. The number of hydrogen-bond acceptors (Lipinski definition) is 4. The van der Waals surface area contributed by atoms with Crippen molar-refractivity contribution in [1.82, 2.24) is 4.31 Å². The SMILES string of the molecule is C=CC1C(CS(=O)(=O)O)CCN1S(=O)(=O)c1ccc(C)cc1. The van der Waals surface area contributed by atoms with E-state index in [1.54, 1.807) is 12.1 Å². The summed E-state index contributed by atoms with van der Waals surface area (Å²) in [7, 11) is -7.88. The third-order valence-corrected chi connectivity index (χ3v) is 6.59. The number of sulfonamides is 1. The summed E-state index contributed by atoms with van der Waals surface area (Å²) in [6, 6.07) is 5.83. The summed E-state index contributed by atoms with van der Waals surface area (Å²) in [5.41, 5.74) is 0.949. The Bertz CT molecular complexity index is 753. The molecular formula is C14H19NO5S2. The van der Waals surface area contributed by atoms with Crippen LogP contribution in [0, 0.1) is 12.8 Å². The molecule has 2 rings (SSSR count). The second kappa shape index (κ2) is 6.11. The number of hydrogen-bond donors (Lipinski definition) is 1. The number of nitrogens with zero attached hydrogens (tertiary/aromatic N) is 1. The molecule has 22 heavy (non-hydrogen) atoms. The van der Waals surface area contributed by atoms with E-state index in [-0.39, 0.29) is 11.4 Å². The predicted molar refractivity (Wildman–Crippen MR) is 83.6 cm³/mol. The molecule has 0 bridgehead atoms. The van der Waals surface area contributed by atoms with Gasteiger partial charge < -0.3 is 0 Å². The maximum absolute atomic E-state index is 12.7. The molecule has 0 spiro atoms. The van der Waals surface area contributed by atoms with E-state index in [0.29, 0.717) is 6.42 Å². The van der Waals surface area contributed by atoms with Crippen molar-refractivity contribution in [1.29, 1.82) is 0 Å². The van der Waals surface area contributed by atoms with Gasteiger partial charge in [-0.15, -0.1) is 6.58 Å². The third-order valence-electron chi connectivity index (χ3n) is 3.83. The van der Waals surface area contributed by atoms with Crippen molar-refractivity contribution in [2.45, 2.75) is 24.3 Å². The van der Waals surface area contributed by atoms with Crippen molar-refractivity contribution in [2.24, 2.45) is 5.92 Å². The highest BCUT2D eigenvalue weighted by molar-refractivity contribution is 7.89. The molecule has 1 aromatic rings. The molecule has 122 valence electrons. The molecule has 1 aliphatic heterocycles. The van der Waals surface area contributed by atoms with Crippen LogP contribution in [0.1, 0.15) is 12.0 Å². The Kier molecular flexibility index (Phi) is 4.76. The first-order chi connectivity index (χ1) is 10.1. The Labute approximate surface area is 131 Å². The van der Waals surface area contributed by atoms with E-state index in [9.17, 15) is 16.8 Å². The van der Waals surface area contributed by atoms with Crippen molar-refractivity contribution >= 4 is 20.1 Å². The van der Waals surface area contributed by atoms with Gasteiger partial charge in [-0.3, -0.25) is 4.55 Å². The molecule has 1 saturated heterocycles. The van der Waals surface area contributed by atoms with E-state index in [1.165, 1.54) is 22.5 Å². The van der Waals surface area contributed by atoms with E-state index < -0.39 is 37.9 Å². The highest BCUT2D eigenvalue weighted by atomic mass is 32.2. The van der Waals surface area contributed by atoms with Gasteiger partial charge in [0.05, 0.1) is 10.6 Å². The average Bonchev–Trinajstić information content (AvgIpc) is 2.80. The molecule has 2 unspecified atom stereocenters. The van der Waals surface area contributed by atoms with Crippen LogP contribution in [0.15, 0.2) is 41.8 Å². The van der Waals surface area contributed by atoms with E-state index in [2.05, 4.69) is 6.58 Å². The van der Waals surface area contributed by atoms with Gasteiger partial charge in [-0.25, -0.2) is 8.42 Å². The van der Waals surface area contributed by atoms with Gasteiger partial charge in [-0.05, 0) is 31.4 Å². The Balaban J connectivity index is 2.32. The zero-order chi connectivity index (χ0) is 16.5. The molecule has 1 N–H and O–H groups in total. The van der Waals surface area contributed by atoms with Gasteiger partial charge >= 0.3 is 0 Å². The van der Waals surface area contributed by atoms with Crippen molar-refractivity contribution < 1.29 is 21.4 Å². The van der Waals surface area contributed by atoms with Crippen LogP contribution >= 0.6 is 0 Å². The van der Waals surface area contributed by atoms with Crippen molar-refractivity contribution in [3.05, 3.63) is 42.5 Å². The standard InChI is InChI=1S/C14H19NO5S2/c1-3-14-12(10-21(16,17)18)8-9-15(14)22(19,20)13-6-4-11(2)5-7-13/h3-7,12,14H,1,8-10H2,2H3,(H,16,17,18). The summed E-state index contributed by atoms with van der Waals surface area (Å²) < 4.78 is 57.8. The van der Waals surface area contributed by atoms with Gasteiger partial charge in [0.15, 0.2) is 0 Å². The first-order valence-electron chi connectivity index (χ1n) is 6.81. The highest BCUT2D eigenvalue weighted by Gasteiger charge is 2.41. The van der Waals surface area contributed by atoms with Gasteiger partial charge in [0, 0.05) is 12.6 Å². The Morgan fingerprint density at radius 1 is 1.27 bits per heavy atom. The monoisotopic (exact) mass is 345 g/mol. The molecule has 1 aromatic carbocycles. The quantitative estimate of drug-likeness (QED) is 0.644. The van der Waals surface area contributed by atoms with Crippen LogP contribution in [0.2, 0.25) is 0 Å². The molecule has 1 aliphatic rings. The number of aryl methyl sites for hydroxylation is 1. The molecule has 1 fully saturated rings. The second-order valence-electron chi connectivity index (χ2n) is 5.45. The summed E-state index contributed by atoms with van der Waals surface area (Å²) in [6.45, 7) is 5.68. The summed E-state index contributed by atoms with van der Waals surface area (Å²) in [6.07, 6.45) is 1.79. The lowest BCUT2D eigenvalue weighted by atomic mass is 10.0. The van der Waals surface area contributed by atoms with Crippen molar-refractivity contribution in [3.63, 3.8) is 0 Å². The molecular weight excluding hydrogens is 326 g/mol. The van der Waals surface area contributed by atoms with Crippen LogP contribution in [0.4, 0.5) is 0 Å². The molecule has 0 aliphatic carbocycles. The van der Waals surface area contributed by atoms with E-state index in [1.807, 2.05) is 6.92 Å². The Morgan fingerprint density at radius 3 is 2.36 bits per heavy atom. The lowest BCUT2D eigenvalue weighted by Crippen LogP contribution is -2.38. The fourth-order valence-electron chi connectivity index (χ4n) is 2.74. The first-order valence-corrected chi connectivity index (χ1v) is 9.86.